The minimum atomic E-state index is -0.0749. The van der Waals surface area contributed by atoms with E-state index in [1.165, 1.54) is 16.9 Å². The topological polar surface area (TPSA) is 74.8 Å². The average molecular weight is 493 g/mol. The van der Waals surface area contributed by atoms with E-state index in [1.807, 2.05) is 46.7 Å². The largest absolute Gasteiger partial charge is 0.497 e. The van der Waals surface area contributed by atoms with Crippen LogP contribution in [0, 0.1) is 6.92 Å². The summed E-state index contributed by atoms with van der Waals surface area (Å²) in [7, 11) is 1.65. The summed E-state index contributed by atoms with van der Waals surface area (Å²) in [4.78, 5) is 34.0. The summed E-state index contributed by atoms with van der Waals surface area (Å²) >= 11 is 1.43. The number of aryl methyl sites for hydroxylation is 2. The highest BCUT2D eigenvalue weighted by Crippen LogP contribution is 2.25. The number of nitrogens with one attached hydrogen (secondary N) is 1. The number of aromatic nitrogens is 1. The Morgan fingerprint density at radius 2 is 1.80 bits per heavy atom. The Morgan fingerprint density at radius 3 is 2.54 bits per heavy atom. The first kappa shape index (κ1) is 24.9. The van der Waals surface area contributed by atoms with Crippen molar-refractivity contribution in [3.8, 4) is 17.0 Å². The van der Waals surface area contributed by atoms with E-state index in [0.717, 1.165) is 42.1 Å². The minimum Gasteiger partial charge on any atom is -0.497 e. The first-order chi connectivity index (χ1) is 17.0. The molecule has 1 aromatic heterocycles. The number of thiazole rings is 1. The summed E-state index contributed by atoms with van der Waals surface area (Å²) in [5.41, 5.74) is 4.23. The number of hydrogen-bond donors (Lipinski definition) is 1. The van der Waals surface area contributed by atoms with Gasteiger partial charge in [-0.25, -0.2) is 4.98 Å². The first-order valence-corrected chi connectivity index (χ1v) is 12.8. The molecule has 7 nitrogen and oxygen atoms in total. The molecule has 0 aliphatic carbocycles. The fourth-order valence-electron chi connectivity index (χ4n) is 4.13. The van der Waals surface area contributed by atoms with Gasteiger partial charge in [0.15, 0.2) is 5.13 Å². The van der Waals surface area contributed by atoms with Crippen LogP contribution in [0.4, 0.5) is 5.13 Å². The maximum absolute atomic E-state index is 12.8. The standard InChI is InChI=1S/C27H32N4O3S/c1-20-4-9-22(10-5-20)24-19-35-27(28-24)29-25(32)18-30-14-3-15-31(17-16-30)26(33)13-8-21-6-11-23(34-2)12-7-21/h4-7,9-12,19H,3,8,13-18H2,1-2H3,(H,28,29,32). The van der Waals surface area contributed by atoms with Gasteiger partial charge in [0.05, 0.1) is 19.3 Å². The van der Waals surface area contributed by atoms with Gasteiger partial charge >= 0.3 is 0 Å². The zero-order valence-electron chi connectivity index (χ0n) is 20.3. The van der Waals surface area contributed by atoms with Crippen LogP contribution in [0.3, 0.4) is 0 Å². The quantitative estimate of drug-likeness (QED) is 0.509. The van der Waals surface area contributed by atoms with Gasteiger partial charge in [-0.3, -0.25) is 14.5 Å². The maximum atomic E-state index is 12.8. The van der Waals surface area contributed by atoms with Crippen molar-refractivity contribution in [3.63, 3.8) is 0 Å². The molecule has 3 aromatic rings. The Balaban J connectivity index is 1.22. The number of amides is 2. The van der Waals surface area contributed by atoms with Gasteiger partial charge in [0.25, 0.3) is 0 Å². The lowest BCUT2D eigenvalue weighted by atomic mass is 10.1. The highest BCUT2D eigenvalue weighted by atomic mass is 32.1. The van der Waals surface area contributed by atoms with Crippen LogP contribution >= 0.6 is 11.3 Å². The second-order valence-corrected chi connectivity index (χ2v) is 9.67. The normalized spacial score (nSPS) is 14.4. The van der Waals surface area contributed by atoms with E-state index in [2.05, 4.69) is 34.3 Å². The van der Waals surface area contributed by atoms with Crippen molar-refractivity contribution in [1.29, 1.82) is 0 Å². The van der Waals surface area contributed by atoms with E-state index in [9.17, 15) is 9.59 Å². The molecule has 0 unspecified atom stereocenters. The predicted octanol–water partition coefficient (Wildman–Crippen LogP) is 4.23. The van der Waals surface area contributed by atoms with Crippen LogP contribution in [0.2, 0.25) is 0 Å². The molecular formula is C27H32N4O3S. The number of hydrogen-bond acceptors (Lipinski definition) is 6. The summed E-state index contributed by atoms with van der Waals surface area (Å²) in [5, 5.41) is 5.50. The van der Waals surface area contributed by atoms with Crippen molar-refractivity contribution < 1.29 is 14.3 Å². The Hall–Kier alpha value is -3.23. The molecule has 0 atom stereocenters. The average Bonchev–Trinajstić information content (AvgIpc) is 3.20. The molecule has 1 saturated heterocycles. The number of nitrogens with zero attached hydrogens (tertiary/aromatic N) is 3. The fourth-order valence-corrected chi connectivity index (χ4v) is 4.87. The number of anilines is 1. The molecule has 0 bridgehead atoms. The molecule has 1 N–H and O–H groups in total. The van der Waals surface area contributed by atoms with E-state index in [0.29, 0.717) is 37.6 Å². The smallest absolute Gasteiger partial charge is 0.240 e. The third-order valence-electron chi connectivity index (χ3n) is 6.19. The second-order valence-electron chi connectivity index (χ2n) is 8.81. The lowest BCUT2D eigenvalue weighted by Crippen LogP contribution is -2.38. The number of ether oxygens (including phenoxy) is 1. The van der Waals surface area contributed by atoms with Gasteiger partial charge in [0.2, 0.25) is 11.8 Å². The maximum Gasteiger partial charge on any atom is 0.240 e. The van der Waals surface area contributed by atoms with Crippen LogP contribution in [-0.2, 0) is 16.0 Å². The molecule has 0 saturated carbocycles. The molecule has 2 heterocycles. The van der Waals surface area contributed by atoms with Gasteiger partial charge in [-0.1, -0.05) is 42.0 Å². The van der Waals surface area contributed by atoms with Crippen molar-refractivity contribution in [2.75, 3.05) is 45.2 Å². The molecule has 2 amide bonds. The van der Waals surface area contributed by atoms with Gasteiger partial charge in [0.1, 0.15) is 5.75 Å². The SMILES string of the molecule is COc1ccc(CCC(=O)N2CCCN(CC(=O)Nc3nc(-c4ccc(C)cc4)cs3)CC2)cc1. The van der Waals surface area contributed by atoms with E-state index < -0.39 is 0 Å². The first-order valence-electron chi connectivity index (χ1n) is 12.0. The third kappa shape index (κ3) is 7.13. The second kappa shape index (κ2) is 12.0. The van der Waals surface area contributed by atoms with Crippen molar-refractivity contribution in [1.82, 2.24) is 14.8 Å². The van der Waals surface area contributed by atoms with Gasteiger partial charge in [-0.2, -0.15) is 0 Å². The van der Waals surface area contributed by atoms with Crippen LogP contribution in [0.1, 0.15) is 24.0 Å². The summed E-state index contributed by atoms with van der Waals surface area (Å²) < 4.78 is 5.19. The molecular weight excluding hydrogens is 460 g/mol. The van der Waals surface area contributed by atoms with Gasteiger partial charge in [-0.15, -0.1) is 11.3 Å². The van der Waals surface area contributed by atoms with Gasteiger partial charge < -0.3 is 15.0 Å². The van der Waals surface area contributed by atoms with Crippen molar-refractivity contribution in [2.24, 2.45) is 0 Å². The number of rotatable bonds is 8. The number of carbonyl (C=O) groups is 2. The van der Waals surface area contributed by atoms with Crippen LogP contribution in [-0.4, -0.2) is 66.4 Å². The summed E-state index contributed by atoms with van der Waals surface area (Å²) in [6.45, 7) is 5.20. The van der Waals surface area contributed by atoms with E-state index in [4.69, 9.17) is 4.74 Å². The zero-order valence-corrected chi connectivity index (χ0v) is 21.1. The van der Waals surface area contributed by atoms with E-state index in [-0.39, 0.29) is 11.8 Å². The van der Waals surface area contributed by atoms with Crippen molar-refractivity contribution in [3.05, 3.63) is 65.0 Å². The molecule has 4 rings (SSSR count). The fraction of sp³-hybridized carbons (Fsp3) is 0.370. The Morgan fingerprint density at radius 1 is 1.03 bits per heavy atom. The highest BCUT2D eigenvalue weighted by Gasteiger charge is 2.21. The number of carbonyl (C=O) groups excluding carboxylic acids is 2. The van der Waals surface area contributed by atoms with Crippen molar-refractivity contribution >= 4 is 28.3 Å². The Bertz CT molecular complexity index is 1130. The number of benzene rings is 2. The summed E-state index contributed by atoms with van der Waals surface area (Å²) in [6, 6.07) is 16.0. The zero-order chi connectivity index (χ0) is 24.6. The minimum absolute atomic E-state index is 0.0749. The summed E-state index contributed by atoms with van der Waals surface area (Å²) in [5.74, 6) is 0.908. The van der Waals surface area contributed by atoms with Crippen LogP contribution in [0.25, 0.3) is 11.3 Å². The molecule has 8 heteroatoms. The van der Waals surface area contributed by atoms with E-state index in [1.54, 1.807) is 7.11 Å². The highest BCUT2D eigenvalue weighted by molar-refractivity contribution is 7.14. The monoisotopic (exact) mass is 492 g/mol. The Kier molecular flexibility index (Phi) is 8.50. The van der Waals surface area contributed by atoms with Crippen LogP contribution in [0.15, 0.2) is 53.9 Å². The van der Waals surface area contributed by atoms with Crippen molar-refractivity contribution in [2.45, 2.75) is 26.2 Å². The Labute approximate surface area is 210 Å². The molecule has 1 fully saturated rings. The van der Waals surface area contributed by atoms with Gasteiger partial charge in [0, 0.05) is 43.5 Å². The molecule has 1 aliphatic rings. The van der Waals surface area contributed by atoms with Gasteiger partial charge in [-0.05, 0) is 37.5 Å². The molecule has 184 valence electrons. The molecule has 35 heavy (non-hydrogen) atoms. The predicted molar refractivity (Wildman–Crippen MR) is 140 cm³/mol. The molecule has 2 aromatic carbocycles. The number of methoxy groups -OCH3 is 1. The third-order valence-corrected chi connectivity index (χ3v) is 6.95. The summed E-state index contributed by atoms with van der Waals surface area (Å²) in [6.07, 6.45) is 2.06. The molecule has 0 spiro atoms. The van der Waals surface area contributed by atoms with Crippen LogP contribution in [0.5, 0.6) is 5.75 Å². The lowest BCUT2D eigenvalue weighted by Gasteiger charge is -2.21. The molecule has 0 radical (unpaired) electrons. The van der Waals surface area contributed by atoms with Crippen LogP contribution < -0.4 is 10.1 Å². The lowest BCUT2D eigenvalue weighted by molar-refractivity contribution is -0.131. The van der Waals surface area contributed by atoms with E-state index >= 15 is 0 Å². The molecule has 1 aliphatic heterocycles.